The van der Waals surface area contributed by atoms with E-state index in [-0.39, 0.29) is 0 Å². The molecular weight excluding hydrogens is 298 g/mol. The van der Waals surface area contributed by atoms with Crippen LogP contribution in [-0.4, -0.2) is 17.8 Å². The van der Waals surface area contributed by atoms with E-state index in [1.54, 1.807) is 0 Å². The average molecular weight is 321 g/mol. The second-order valence-corrected chi connectivity index (χ2v) is 9.58. The van der Waals surface area contributed by atoms with E-state index in [2.05, 4.69) is 23.3 Å². The maximum absolute atomic E-state index is 6.54. The molecule has 0 unspecified atom stereocenters. The van der Waals surface area contributed by atoms with Crippen molar-refractivity contribution < 1.29 is 0 Å². The lowest BCUT2D eigenvalue weighted by Gasteiger charge is -2.26. The number of rotatable bonds is 8. The third-order valence-corrected chi connectivity index (χ3v) is 6.16. The first-order chi connectivity index (χ1) is 9.10. The number of halogens is 2. The molecule has 1 aromatic rings. The van der Waals surface area contributed by atoms with Crippen LogP contribution in [0.15, 0.2) is 35.1 Å². The summed E-state index contributed by atoms with van der Waals surface area (Å²) in [6, 6.07) is 9.76. The van der Waals surface area contributed by atoms with Gasteiger partial charge in [0.25, 0.3) is 0 Å². The third-order valence-electron chi connectivity index (χ3n) is 2.87. The highest BCUT2D eigenvalue weighted by atomic mass is 35.9. The molecule has 0 aliphatic heterocycles. The van der Waals surface area contributed by atoms with Crippen LogP contribution in [0.2, 0.25) is 0 Å². The van der Waals surface area contributed by atoms with Crippen LogP contribution in [0.4, 0.5) is 5.69 Å². The lowest BCUT2D eigenvalue weighted by atomic mass is 10.3. The van der Waals surface area contributed by atoms with Crippen molar-refractivity contribution in [1.29, 1.82) is 0 Å². The first-order valence-electron chi connectivity index (χ1n) is 6.92. The summed E-state index contributed by atoms with van der Waals surface area (Å²) >= 11 is 13.1. The normalized spacial score (nSPS) is 11.8. The molecule has 0 fully saturated rings. The second-order valence-electron chi connectivity index (χ2n) is 4.55. The van der Waals surface area contributed by atoms with Gasteiger partial charge in [0.05, 0.1) is 5.69 Å². The van der Waals surface area contributed by atoms with Gasteiger partial charge in [0.1, 0.15) is 0 Å². The summed E-state index contributed by atoms with van der Waals surface area (Å²) < 4.78 is 6.73. The average Bonchev–Trinajstić information content (AvgIpc) is 2.39. The summed E-state index contributed by atoms with van der Waals surface area (Å²) in [4.78, 5) is 0. The second kappa shape index (κ2) is 9.02. The molecule has 0 bridgehead atoms. The minimum atomic E-state index is -2.43. The molecule has 1 aromatic carbocycles. The van der Waals surface area contributed by atoms with E-state index in [0.717, 1.165) is 44.5 Å². The number of hydrogen-bond acceptors (Lipinski definition) is 1. The lowest BCUT2D eigenvalue weighted by Crippen LogP contribution is -2.19. The standard InChI is InChI=1S/C14H23Cl2N2P/c1-3-5-12-18(13-6-4-2)19(15,16)17-14-10-8-7-9-11-14/h7-11H,3-6,12-13H2,1-2H3. The summed E-state index contributed by atoms with van der Waals surface area (Å²) in [6.07, 6.45) is 4.49. The van der Waals surface area contributed by atoms with Gasteiger partial charge in [0.15, 0.2) is 0 Å². The molecule has 0 spiro atoms. The third kappa shape index (κ3) is 6.31. The van der Waals surface area contributed by atoms with Gasteiger partial charge in [-0.3, -0.25) is 0 Å². The minimum absolute atomic E-state index is 0.860. The van der Waals surface area contributed by atoms with Crippen molar-refractivity contribution in [2.75, 3.05) is 13.1 Å². The molecule has 1 rings (SSSR count). The van der Waals surface area contributed by atoms with Gasteiger partial charge in [-0.1, -0.05) is 44.9 Å². The molecule has 5 heteroatoms. The minimum Gasteiger partial charge on any atom is -0.246 e. The zero-order chi connectivity index (χ0) is 14.1. The fourth-order valence-electron chi connectivity index (χ4n) is 1.73. The zero-order valence-electron chi connectivity index (χ0n) is 11.7. The Kier molecular flexibility index (Phi) is 8.09. The predicted octanol–water partition coefficient (Wildman–Crippen LogP) is 6.64. The van der Waals surface area contributed by atoms with Gasteiger partial charge in [-0.15, -0.1) is 0 Å². The number of nitrogens with zero attached hydrogens (tertiary/aromatic N) is 2. The Hall–Kier alpha value is -0.0100. The van der Waals surface area contributed by atoms with Gasteiger partial charge in [-0.2, -0.15) is 0 Å². The Morgan fingerprint density at radius 1 is 1.00 bits per heavy atom. The van der Waals surface area contributed by atoms with Crippen LogP contribution >= 0.6 is 28.4 Å². The maximum atomic E-state index is 6.54. The quantitative estimate of drug-likeness (QED) is 0.490. The molecule has 0 saturated carbocycles. The summed E-state index contributed by atoms with van der Waals surface area (Å²) in [7, 11) is 0. The monoisotopic (exact) mass is 320 g/mol. The van der Waals surface area contributed by atoms with E-state index >= 15 is 0 Å². The van der Waals surface area contributed by atoms with Crippen LogP contribution in [0.5, 0.6) is 0 Å². The van der Waals surface area contributed by atoms with Crippen molar-refractivity contribution in [3.8, 4) is 0 Å². The first-order valence-corrected chi connectivity index (χ1v) is 10.4. The van der Waals surface area contributed by atoms with Crippen LogP contribution in [0.25, 0.3) is 0 Å². The molecule has 0 aliphatic rings. The van der Waals surface area contributed by atoms with E-state index in [0.29, 0.717) is 0 Å². The number of hydrogen-bond donors (Lipinski definition) is 0. The summed E-state index contributed by atoms with van der Waals surface area (Å²) in [6.45, 7) is 6.20. The molecule has 0 heterocycles. The van der Waals surface area contributed by atoms with E-state index in [9.17, 15) is 0 Å². The van der Waals surface area contributed by atoms with Gasteiger partial charge in [-0.25, -0.2) is 9.42 Å². The largest absolute Gasteiger partial charge is 0.246 e. The van der Waals surface area contributed by atoms with Crippen molar-refractivity contribution in [3.63, 3.8) is 0 Å². The van der Waals surface area contributed by atoms with Crippen LogP contribution in [0, 0.1) is 0 Å². The van der Waals surface area contributed by atoms with E-state index in [1.165, 1.54) is 0 Å². The van der Waals surface area contributed by atoms with Gasteiger partial charge >= 0.3 is 0 Å². The molecule has 0 aromatic heterocycles. The van der Waals surface area contributed by atoms with Crippen LogP contribution < -0.4 is 0 Å². The molecule has 0 amide bonds. The Morgan fingerprint density at radius 3 is 2.00 bits per heavy atom. The molecule has 0 aliphatic carbocycles. The fourth-order valence-corrected chi connectivity index (χ4v) is 4.46. The van der Waals surface area contributed by atoms with Gasteiger partial charge in [-0.05, 0) is 47.5 Å². The van der Waals surface area contributed by atoms with Crippen LogP contribution in [0.3, 0.4) is 0 Å². The Bertz CT molecular complexity index is 395. The van der Waals surface area contributed by atoms with Crippen molar-refractivity contribution >= 4 is 34.1 Å². The Balaban J connectivity index is 2.87. The maximum Gasteiger partial charge on any atom is 0.210 e. The van der Waals surface area contributed by atoms with E-state index in [4.69, 9.17) is 22.5 Å². The molecular formula is C14H23Cl2N2P. The highest BCUT2D eigenvalue weighted by Crippen LogP contribution is 2.64. The zero-order valence-corrected chi connectivity index (χ0v) is 14.1. The van der Waals surface area contributed by atoms with Gasteiger partial charge in [0.2, 0.25) is 5.91 Å². The Labute approximate surface area is 126 Å². The smallest absolute Gasteiger partial charge is 0.210 e. The van der Waals surface area contributed by atoms with Crippen LogP contribution in [-0.2, 0) is 0 Å². The lowest BCUT2D eigenvalue weighted by molar-refractivity contribution is 0.436. The van der Waals surface area contributed by atoms with Gasteiger partial charge < -0.3 is 0 Å². The Morgan fingerprint density at radius 2 is 1.53 bits per heavy atom. The topological polar surface area (TPSA) is 15.6 Å². The van der Waals surface area contributed by atoms with Gasteiger partial charge in [0, 0.05) is 13.1 Å². The SMILES string of the molecule is CCCCN(CCCC)P(Cl)(Cl)=Nc1ccccc1. The van der Waals surface area contributed by atoms with Crippen molar-refractivity contribution in [3.05, 3.63) is 30.3 Å². The van der Waals surface area contributed by atoms with E-state index < -0.39 is 5.91 Å². The fraction of sp³-hybridized carbons (Fsp3) is 0.571. The first kappa shape index (κ1) is 17.0. The highest BCUT2D eigenvalue weighted by molar-refractivity contribution is 8.08. The van der Waals surface area contributed by atoms with Crippen molar-refractivity contribution in [1.82, 2.24) is 4.67 Å². The number of unbranched alkanes of at least 4 members (excludes halogenated alkanes) is 2. The van der Waals surface area contributed by atoms with E-state index in [1.807, 2.05) is 30.3 Å². The van der Waals surface area contributed by atoms with Crippen molar-refractivity contribution in [2.45, 2.75) is 39.5 Å². The molecule has 2 nitrogen and oxygen atoms in total. The summed E-state index contributed by atoms with van der Waals surface area (Å²) in [5, 5.41) is 0. The summed E-state index contributed by atoms with van der Waals surface area (Å²) in [5.41, 5.74) is 0.860. The highest BCUT2D eigenvalue weighted by Gasteiger charge is 2.22. The molecule has 0 N–H and O–H groups in total. The molecule has 0 saturated heterocycles. The summed E-state index contributed by atoms with van der Waals surface area (Å²) in [5.74, 6) is -2.43. The molecule has 108 valence electrons. The van der Waals surface area contributed by atoms with Crippen LogP contribution in [0.1, 0.15) is 39.5 Å². The number of benzene rings is 1. The molecule has 19 heavy (non-hydrogen) atoms. The molecule has 0 radical (unpaired) electrons. The molecule has 0 atom stereocenters. The predicted molar refractivity (Wildman–Crippen MR) is 88.5 cm³/mol. The van der Waals surface area contributed by atoms with Crippen molar-refractivity contribution in [2.24, 2.45) is 4.74 Å².